The minimum atomic E-state index is -0.365. The van der Waals surface area contributed by atoms with Gasteiger partial charge in [0.15, 0.2) is 0 Å². The van der Waals surface area contributed by atoms with Gasteiger partial charge in [-0.2, -0.15) is 0 Å². The zero-order valence-corrected chi connectivity index (χ0v) is 18.2. The Labute approximate surface area is 181 Å². The van der Waals surface area contributed by atoms with Crippen LogP contribution < -0.4 is 15.5 Å². The molecule has 2 aromatic carbocycles. The Morgan fingerprint density at radius 3 is 2.37 bits per heavy atom. The molecule has 1 heterocycles. The van der Waals surface area contributed by atoms with Crippen molar-refractivity contribution in [2.24, 2.45) is 0 Å². The smallest absolute Gasteiger partial charge is 0.251 e. The molecule has 3 amide bonds. The average Bonchev–Trinajstić information content (AvgIpc) is 3.11. The highest BCUT2D eigenvalue weighted by Gasteiger charge is 2.23. The third-order valence-electron chi connectivity index (χ3n) is 5.02. The van der Waals surface area contributed by atoms with Crippen molar-refractivity contribution in [2.75, 3.05) is 23.3 Å². The second-order valence-electron chi connectivity index (χ2n) is 8.37. The number of hydrogen-bond donors (Lipinski definition) is 2. The molecule has 0 aromatic heterocycles. The maximum absolute atomic E-state index is 12.3. The van der Waals surface area contributed by atoms with Gasteiger partial charge in [-0.25, -0.2) is 0 Å². The molecule has 7 heteroatoms. The van der Waals surface area contributed by atoms with Crippen LogP contribution in [0.3, 0.4) is 0 Å². The third-order valence-corrected chi connectivity index (χ3v) is 5.32. The molecule has 1 saturated heterocycles. The standard InChI is InChI=1S/C23H26ClN3O3/c1-23(2,3)16-8-6-15(7-9-16)22(30)25-14-20(28)26-17-10-11-19(18(24)13-17)27-12-4-5-21(27)29/h6-11,13H,4-5,12,14H2,1-3H3,(H,25,30)(H,26,28). The number of rotatable bonds is 5. The van der Waals surface area contributed by atoms with Crippen LogP contribution in [-0.2, 0) is 15.0 Å². The summed E-state index contributed by atoms with van der Waals surface area (Å²) in [5, 5.41) is 5.72. The summed E-state index contributed by atoms with van der Waals surface area (Å²) in [7, 11) is 0. The van der Waals surface area contributed by atoms with Crippen molar-refractivity contribution in [3.05, 3.63) is 58.6 Å². The monoisotopic (exact) mass is 427 g/mol. The van der Waals surface area contributed by atoms with Gasteiger partial charge in [-0.1, -0.05) is 44.5 Å². The van der Waals surface area contributed by atoms with Crippen LogP contribution in [0.5, 0.6) is 0 Å². The Kier molecular flexibility index (Phi) is 6.46. The van der Waals surface area contributed by atoms with E-state index in [0.717, 1.165) is 12.0 Å². The predicted octanol–water partition coefficient (Wildman–Crippen LogP) is 4.13. The third kappa shape index (κ3) is 5.19. The molecular formula is C23H26ClN3O3. The lowest BCUT2D eigenvalue weighted by Gasteiger charge is -2.19. The summed E-state index contributed by atoms with van der Waals surface area (Å²) >= 11 is 6.30. The fraction of sp³-hybridized carbons (Fsp3) is 0.348. The highest BCUT2D eigenvalue weighted by molar-refractivity contribution is 6.34. The summed E-state index contributed by atoms with van der Waals surface area (Å²) in [6, 6.07) is 12.4. The summed E-state index contributed by atoms with van der Waals surface area (Å²) in [4.78, 5) is 38.0. The molecule has 30 heavy (non-hydrogen) atoms. The van der Waals surface area contributed by atoms with E-state index in [9.17, 15) is 14.4 Å². The first kappa shape index (κ1) is 21.8. The van der Waals surface area contributed by atoms with Crippen molar-refractivity contribution in [1.29, 1.82) is 0 Å². The molecule has 0 saturated carbocycles. The normalized spacial score (nSPS) is 14.0. The number of hydrogen-bond acceptors (Lipinski definition) is 3. The Morgan fingerprint density at radius 1 is 1.10 bits per heavy atom. The Balaban J connectivity index is 1.55. The lowest BCUT2D eigenvalue weighted by molar-refractivity contribution is -0.117. The molecule has 158 valence electrons. The van der Waals surface area contributed by atoms with E-state index >= 15 is 0 Å². The highest BCUT2D eigenvalue weighted by atomic mass is 35.5. The molecule has 6 nitrogen and oxygen atoms in total. The van der Waals surface area contributed by atoms with E-state index < -0.39 is 0 Å². The fourth-order valence-electron chi connectivity index (χ4n) is 3.30. The Bertz CT molecular complexity index is 965. The lowest BCUT2D eigenvalue weighted by atomic mass is 9.87. The van der Waals surface area contributed by atoms with E-state index in [1.165, 1.54) is 0 Å². The molecule has 2 aromatic rings. The van der Waals surface area contributed by atoms with Crippen molar-refractivity contribution in [3.63, 3.8) is 0 Å². The average molecular weight is 428 g/mol. The van der Waals surface area contributed by atoms with Crippen LogP contribution in [0.25, 0.3) is 0 Å². The maximum Gasteiger partial charge on any atom is 0.251 e. The molecule has 2 N–H and O–H groups in total. The molecule has 0 radical (unpaired) electrons. The Morgan fingerprint density at radius 2 is 1.80 bits per heavy atom. The molecule has 1 fully saturated rings. The van der Waals surface area contributed by atoms with Crippen molar-refractivity contribution in [1.82, 2.24) is 5.32 Å². The summed E-state index contributed by atoms with van der Waals surface area (Å²) < 4.78 is 0. The van der Waals surface area contributed by atoms with Gasteiger partial charge in [-0.05, 0) is 47.7 Å². The van der Waals surface area contributed by atoms with Crippen LogP contribution in [0.15, 0.2) is 42.5 Å². The van der Waals surface area contributed by atoms with E-state index in [2.05, 4.69) is 31.4 Å². The second-order valence-corrected chi connectivity index (χ2v) is 8.78. The Hall–Kier alpha value is -2.86. The number of nitrogens with one attached hydrogen (secondary N) is 2. The zero-order valence-electron chi connectivity index (χ0n) is 17.4. The number of halogens is 1. The van der Waals surface area contributed by atoms with Crippen LogP contribution in [-0.4, -0.2) is 30.8 Å². The van der Waals surface area contributed by atoms with Gasteiger partial charge in [-0.15, -0.1) is 0 Å². The van der Waals surface area contributed by atoms with Crippen LogP contribution in [0.2, 0.25) is 5.02 Å². The van der Waals surface area contributed by atoms with Crippen molar-refractivity contribution < 1.29 is 14.4 Å². The fourth-order valence-corrected chi connectivity index (χ4v) is 3.58. The quantitative estimate of drug-likeness (QED) is 0.752. The predicted molar refractivity (Wildman–Crippen MR) is 119 cm³/mol. The largest absolute Gasteiger partial charge is 0.343 e. The second kappa shape index (κ2) is 8.88. The van der Waals surface area contributed by atoms with Crippen LogP contribution in [0.1, 0.15) is 49.5 Å². The van der Waals surface area contributed by atoms with E-state index in [0.29, 0.717) is 34.9 Å². The number of amides is 3. The van der Waals surface area contributed by atoms with Gasteiger partial charge in [0.25, 0.3) is 5.91 Å². The zero-order chi connectivity index (χ0) is 21.9. The molecular weight excluding hydrogens is 402 g/mol. The van der Waals surface area contributed by atoms with Crippen molar-refractivity contribution in [2.45, 2.75) is 39.0 Å². The summed E-state index contributed by atoms with van der Waals surface area (Å²) in [6.45, 7) is 6.80. The molecule has 0 unspecified atom stereocenters. The summed E-state index contributed by atoms with van der Waals surface area (Å²) in [5.41, 5.74) is 2.79. The molecule has 0 spiro atoms. The molecule has 1 aliphatic rings. The topological polar surface area (TPSA) is 78.5 Å². The number of carbonyl (C=O) groups is 3. The summed E-state index contributed by atoms with van der Waals surface area (Å²) in [6.07, 6.45) is 1.33. The van der Waals surface area contributed by atoms with Gasteiger partial charge in [0.2, 0.25) is 11.8 Å². The van der Waals surface area contributed by atoms with Crippen molar-refractivity contribution >= 4 is 40.7 Å². The van der Waals surface area contributed by atoms with Crippen molar-refractivity contribution in [3.8, 4) is 0 Å². The molecule has 0 aliphatic carbocycles. The summed E-state index contributed by atoms with van der Waals surface area (Å²) in [5.74, 6) is -0.630. The minimum absolute atomic E-state index is 0.00772. The van der Waals surface area contributed by atoms with E-state index in [1.807, 2.05) is 12.1 Å². The van der Waals surface area contributed by atoms with Gasteiger partial charge in [-0.3, -0.25) is 14.4 Å². The van der Waals surface area contributed by atoms with Gasteiger partial charge in [0.1, 0.15) is 0 Å². The first-order valence-electron chi connectivity index (χ1n) is 9.93. The van der Waals surface area contributed by atoms with E-state index in [4.69, 9.17) is 11.6 Å². The minimum Gasteiger partial charge on any atom is -0.343 e. The van der Waals surface area contributed by atoms with E-state index in [-0.39, 0.29) is 29.7 Å². The number of benzene rings is 2. The highest BCUT2D eigenvalue weighted by Crippen LogP contribution is 2.31. The van der Waals surface area contributed by atoms with Gasteiger partial charge >= 0.3 is 0 Å². The first-order valence-corrected chi connectivity index (χ1v) is 10.3. The molecule has 1 aliphatic heterocycles. The van der Waals surface area contributed by atoms with E-state index in [1.54, 1.807) is 35.2 Å². The molecule has 3 rings (SSSR count). The molecule has 0 bridgehead atoms. The number of anilines is 2. The molecule has 0 atom stereocenters. The number of nitrogens with zero attached hydrogens (tertiary/aromatic N) is 1. The SMILES string of the molecule is CC(C)(C)c1ccc(C(=O)NCC(=O)Nc2ccc(N3CCCC3=O)c(Cl)c2)cc1. The maximum atomic E-state index is 12.3. The van der Waals surface area contributed by atoms with Crippen LogP contribution in [0, 0.1) is 0 Å². The van der Waals surface area contributed by atoms with Gasteiger partial charge in [0, 0.05) is 24.2 Å². The first-order chi connectivity index (χ1) is 14.1. The lowest BCUT2D eigenvalue weighted by Crippen LogP contribution is -2.33. The number of carbonyl (C=O) groups excluding carboxylic acids is 3. The van der Waals surface area contributed by atoms with Gasteiger partial charge < -0.3 is 15.5 Å². The van der Waals surface area contributed by atoms with Gasteiger partial charge in [0.05, 0.1) is 17.3 Å². The van der Waals surface area contributed by atoms with Crippen LogP contribution in [0.4, 0.5) is 11.4 Å². The van der Waals surface area contributed by atoms with Crippen LogP contribution >= 0.6 is 11.6 Å².